The standard InChI is InChI=1S/C16H27N3O/c1-10(2)20-16-14(17)5-6-15(19-16)18-13-8-11(3)7-12(4)9-13/h5-6,10-13H,7-9,17H2,1-4H3,(H,18,19). The van der Waals surface area contributed by atoms with Crippen LogP contribution in [0.5, 0.6) is 5.88 Å². The predicted molar refractivity (Wildman–Crippen MR) is 84.0 cm³/mol. The Bertz CT molecular complexity index is 437. The summed E-state index contributed by atoms with van der Waals surface area (Å²) >= 11 is 0. The first-order valence-corrected chi connectivity index (χ1v) is 7.63. The zero-order valence-electron chi connectivity index (χ0n) is 13.0. The van der Waals surface area contributed by atoms with E-state index < -0.39 is 0 Å². The Kier molecular flexibility index (Phi) is 4.73. The number of pyridine rings is 1. The summed E-state index contributed by atoms with van der Waals surface area (Å²) in [6.07, 6.45) is 3.82. The van der Waals surface area contributed by atoms with E-state index >= 15 is 0 Å². The fourth-order valence-electron chi connectivity index (χ4n) is 3.12. The van der Waals surface area contributed by atoms with Gasteiger partial charge in [-0.3, -0.25) is 0 Å². The van der Waals surface area contributed by atoms with Crippen LogP contribution in [0.15, 0.2) is 12.1 Å². The monoisotopic (exact) mass is 277 g/mol. The van der Waals surface area contributed by atoms with Crippen LogP contribution >= 0.6 is 0 Å². The van der Waals surface area contributed by atoms with Gasteiger partial charge >= 0.3 is 0 Å². The molecule has 1 aliphatic rings. The number of aromatic nitrogens is 1. The highest BCUT2D eigenvalue weighted by molar-refractivity contribution is 5.54. The van der Waals surface area contributed by atoms with Gasteiger partial charge in [0.2, 0.25) is 5.88 Å². The molecule has 1 aromatic heterocycles. The highest BCUT2D eigenvalue weighted by atomic mass is 16.5. The molecule has 112 valence electrons. The predicted octanol–water partition coefficient (Wildman–Crippen LogP) is 3.69. The van der Waals surface area contributed by atoms with Crippen molar-refractivity contribution in [3.63, 3.8) is 0 Å². The number of ether oxygens (including phenoxy) is 1. The quantitative estimate of drug-likeness (QED) is 0.881. The third-order valence-electron chi connectivity index (χ3n) is 3.77. The van der Waals surface area contributed by atoms with Crippen molar-refractivity contribution in [2.45, 2.75) is 59.1 Å². The van der Waals surface area contributed by atoms with Gasteiger partial charge in [0.15, 0.2) is 0 Å². The average Bonchev–Trinajstić information content (AvgIpc) is 2.31. The molecule has 0 bridgehead atoms. The summed E-state index contributed by atoms with van der Waals surface area (Å²) in [6, 6.07) is 4.30. The first kappa shape index (κ1) is 14.9. The van der Waals surface area contributed by atoms with Gasteiger partial charge in [0.1, 0.15) is 5.82 Å². The summed E-state index contributed by atoms with van der Waals surface area (Å²) in [7, 11) is 0. The van der Waals surface area contributed by atoms with Gasteiger partial charge in [0.25, 0.3) is 0 Å². The van der Waals surface area contributed by atoms with E-state index in [4.69, 9.17) is 10.5 Å². The van der Waals surface area contributed by atoms with E-state index in [0.29, 0.717) is 17.6 Å². The van der Waals surface area contributed by atoms with Gasteiger partial charge in [-0.15, -0.1) is 0 Å². The Hall–Kier alpha value is -1.45. The van der Waals surface area contributed by atoms with Crippen LogP contribution in [0.3, 0.4) is 0 Å². The Labute approximate surface area is 122 Å². The molecule has 0 amide bonds. The number of nitrogens with zero attached hydrogens (tertiary/aromatic N) is 1. The summed E-state index contributed by atoms with van der Waals surface area (Å²) in [4.78, 5) is 4.50. The first-order chi connectivity index (χ1) is 9.44. The van der Waals surface area contributed by atoms with E-state index in [0.717, 1.165) is 17.7 Å². The lowest BCUT2D eigenvalue weighted by Gasteiger charge is -2.32. The van der Waals surface area contributed by atoms with Gasteiger partial charge in [-0.25, -0.2) is 0 Å². The molecule has 1 saturated carbocycles. The van der Waals surface area contributed by atoms with Crippen molar-refractivity contribution in [3.05, 3.63) is 12.1 Å². The molecule has 2 rings (SSSR count). The molecule has 0 spiro atoms. The Morgan fingerprint density at radius 1 is 1.20 bits per heavy atom. The van der Waals surface area contributed by atoms with Gasteiger partial charge < -0.3 is 15.8 Å². The maximum absolute atomic E-state index is 5.90. The van der Waals surface area contributed by atoms with Crippen LogP contribution in [-0.4, -0.2) is 17.1 Å². The van der Waals surface area contributed by atoms with Crippen LogP contribution in [-0.2, 0) is 0 Å². The van der Waals surface area contributed by atoms with Crippen LogP contribution < -0.4 is 15.8 Å². The van der Waals surface area contributed by atoms with Gasteiger partial charge in [-0.1, -0.05) is 13.8 Å². The summed E-state index contributed by atoms with van der Waals surface area (Å²) < 4.78 is 5.64. The molecule has 0 saturated heterocycles. The van der Waals surface area contributed by atoms with Crippen LogP contribution in [0.4, 0.5) is 11.5 Å². The summed E-state index contributed by atoms with van der Waals surface area (Å²) in [5, 5.41) is 3.54. The molecule has 1 heterocycles. The summed E-state index contributed by atoms with van der Waals surface area (Å²) in [6.45, 7) is 8.61. The van der Waals surface area contributed by atoms with Crippen LogP contribution in [0, 0.1) is 11.8 Å². The minimum Gasteiger partial charge on any atom is -0.473 e. The van der Waals surface area contributed by atoms with Gasteiger partial charge in [0, 0.05) is 6.04 Å². The Balaban J connectivity index is 2.05. The van der Waals surface area contributed by atoms with E-state index in [1.165, 1.54) is 19.3 Å². The second-order valence-electron chi connectivity index (χ2n) is 6.52. The minimum absolute atomic E-state index is 0.0785. The average molecular weight is 277 g/mol. The molecule has 0 aromatic carbocycles. The number of nitrogens with two attached hydrogens (primary N) is 1. The molecule has 1 fully saturated rings. The normalized spacial score (nSPS) is 26.6. The van der Waals surface area contributed by atoms with Crippen molar-refractivity contribution in [1.29, 1.82) is 0 Å². The molecule has 4 heteroatoms. The second-order valence-corrected chi connectivity index (χ2v) is 6.52. The molecule has 1 aromatic rings. The third-order valence-corrected chi connectivity index (χ3v) is 3.77. The Morgan fingerprint density at radius 2 is 1.85 bits per heavy atom. The lowest BCUT2D eigenvalue weighted by Crippen LogP contribution is -2.30. The van der Waals surface area contributed by atoms with Gasteiger partial charge in [-0.2, -0.15) is 4.98 Å². The summed E-state index contributed by atoms with van der Waals surface area (Å²) in [5.41, 5.74) is 6.49. The zero-order valence-corrected chi connectivity index (χ0v) is 13.0. The second kappa shape index (κ2) is 6.33. The van der Waals surface area contributed by atoms with Crippen molar-refractivity contribution >= 4 is 11.5 Å². The smallest absolute Gasteiger partial charge is 0.239 e. The molecule has 20 heavy (non-hydrogen) atoms. The van der Waals surface area contributed by atoms with Crippen LogP contribution in [0.25, 0.3) is 0 Å². The largest absolute Gasteiger partial charge is 0.473 e. The zero-order chi connectivity index (χ0) is 14.7. The van der Waals surface area contributed by atoms with E-state index in [9.17, 15) is 0 Å². The van der Waals surface area contributed by atoms with E-state index in [2.05, 4.69) is 24.1 Å². The van der Waals surface area contributed by atoms with Crippen molar-refractivity contribution in [1.82, 2.24) is 4.98 Å². The van der Waals surface area contributed by atoms with Crippen molar-refractivity contribution in [2.75, 3.05) is 11.1 Å². The number of anilines is 2. The summed E-state index contributed by atoms with van der Waals surface area (Å²) in [5.74, 6) is 2.94. The number of hydrogen-bond acceptors (Lipinski definition) is 4. The molecule has 4 nitrogen and oxygen atoms in total. The lowest BCUT2D eigenvalue weighted by molar-refractivity contribution is 0.234. The topological polar surface area (TPSA) is 60.2 Å². The maximum atomic E-state index is 5.90. The van der Waals surface area contributed by atoms with Crippen molar-refractivity contribution in [3.8, 4) is 5.88 Å². The van der Waals surface area contributed by atoms with Gasteiger partial charge in [0.05, 0.1) is 11.8 Å². The highest BCUT2D eigenvalue weighted by Crippen LogP contribution is 2.31. The highest BCUT2D eigenvalue weighted by Gasteiger charge is 2.24. The first-order valence-electron chi connectivity index (χ1n) is 7.63. The number of rotatable bonds is 4. The SMILES string of the molecule is CC1CC(C)CC(Nc2ccc(N)c(OC(C)C)n2)C1. The number of hydrogen-bond donors (Lipinski definition) is 2. The van der Waals surface area contributed by atoms with Crippen LogP contribution in [0.2, 0.25) is 0 Å². The fraction of sp³-hybridized carbons (Fsp3) is 0.688. The minimum atomic E-state index is 0.0785. The van der Waals surface area contributed by atoms with Crippen molar-refractivity contribution < 1.29 is 4.74 Å². The molecule has 0 radical (unpaired) electrons. The fourth-order valence-corrected chi connectivity index (χ4v) is 3.12. The molecular weight excluding hydrogens is 250 g/mol. The lowest BCUT2D eigenvalue weighted by atomic mass is 9.80. The third kappa shape index (κ3) is 4.02. The molecule has 3 N–H and O–H groups in total. The molecular formula is C16H27N3O. The Morgan fingerprint density at radius 3 is 2.45 bits per heavy atom. The number of nitrogens with one attached hydrogen (secondary N) is 1. The van der Waals surface area contributed by atoms with E-state index in [1.807, 2.05) is 26.0 Å². The number of nitrogen functional groups attached to an aromatic ring is 1. The molecule has 2 atom stereocenters. The van der Waals surface area contributed by atoms with E-state index in [1.54, 1.807) is 0 Å². The molecule has 0 aliphatic heterocycles. The molecule has 1 aliphatic carbocycles. The maximum Gasteiger partial charge on any atom is 0.239 e. The van der Waals surface area contributed by atoms with Crippen LogP contribution in [0.1, 0.15) is 47.0 Å². The molecule has 2 unspecified atom stereocenters. The van der Waals surface area contributed by atoms with E-state index in [-0.39, 0.29) is 6.10 Å². The van der Waals surface area contributed by atoms with Gasteiger partial charge in [-0.05, 0) is 57.1 Å². The van der Waals surface area contributed by atoms with Crippen molar-refractivity contribution in [2.24, 2.45) is 11.8 Å².